The molecule has 0 bridgehead atoms. The fraction of sp³-hybridized carbons (Fsp3) is 0.611. The van der Waals surface area contributed by atoms with E-state index in [4.69, 9.17) is 0 Å². The van der Waals surface area contributed by atoms with E-state index in [0.717, 1.165) is 37.2 Å². The van der Waals surface area contributed by atoms with Gasteiger partial charge in [0.05, 0.1) is 5.41 Å². The summed E-state index contributed by atoms with van der Waals surface area (Å²) in [5.41, 5.74) is 1.73. The number of aliphatic carboxylic acids is 1. The lowest BCUT2D eigenvalue weighted by atomic mass is 9.62. The Kier molecular flexibility index (Phi) is 3.35. The first-order valence-electron chi connectivity index (χ1n) is 7.87. The van der Waals surface area contributed by atoms with Crippen molar-refractivity contribution >= 4 is 5.97 Å². The summed E-state index contributed by atoms with van der Waals surface area (Å²) in [6.07, 6.45) is 4.99. The normalized spacial score (nSPS) is 36.6. The number of rotatable bonds is 2. The molecule has 1 aromatic rings. The lowest BCUT2D eigenvalue weighted by Crippen LogP contribution is -2.44. The molecule has 2 aliphatic carbocycles. The number of benzene rings is 1. The molecule has 1 fully saturated rings. The zero-order valence-corrected chi connectivity index (χ0v) is 12.4. The van der Waals surface area contributed by atoms with Gasteiger partial charge in [0.2, 0.25) is 0 Å². The van der Waals surface area contributed by atoms with Crippen LogP contribution < -0.4 is 0 Å². The first kappa shape index (κ1) is 13.7. The van der Waals surface area contributed by atoms with Gasteiger partial charge in [0.1, 0.15) is 0 Å². The van der Waals surface area contributed by atoms with E-state index in [9.17, 15) is 9.90 Å². The number of hydrogen-bond donors (Lipinski definition) is 1. The summed E-state index contributed by atoms with van der Waals surface area (Å²) in [4.78, 5) is 12.2. The molecule has 0 saturated heterocycles. The zero-order valence-electron chi connectivity index (χ0n) is 12.4. The van der Waals surface area contributed by atoms with Gasteiger partial charge in [0.15, 0.2) is 0 Å². The van der Waals surface area contributed by atoms with E-state index >= 15 is 0 Å². The highest BCUT2D eigenvalue weighted by molar-refractivity contribution is 5.83. The van der Waals surface area contributed by atoms with Crippen molar-refractivity contribution < 1.29 is 9.90 Å². The molecule has 2 aliphatic rings. The van der Waals surface area contributed by atoms with E-state index in [1.807, 2.05) is 12.1 Å². The van der Waals surface area contributed by atoms with Gasteiger partial charge >= 0.3 is 5.97 Å². The second-order valence-electron chi connectivity index (χ2n) is 6.90. The highest BCUT2D eigenvalue weighted by Crippen LogP contribution is 2.51. The summed E-state index contributed by atoms with van der Waals surface area (Å²) in [6, 6.07) is 8.19. The molecule has 0 aromatic heterocycles. The molecule has 0 radical (unpaired) electrons. The van der Waals surface area contributed by atoms with Gasteiger partial charge in [0, 0.05) is 0 Å². The smallest absolute Gasteiger partial charge is 0.314 e. The molecule has 1 saturated carbocycles. The van der Waals surface area contributed by atoms with Crippen molar-refractivity contribution in [2.45, 2.75) is 51.4 Å². The highest BCUT2D eigenvalue weighted by atomic mass is 16.4. The molecule has 2 nitrogen and oxygen atoms in total. The van der Waals surface area contributed by atoms with Crippen molar-refractivity contribution in [1.29, 1.82) is 0 Å². The van der Waals surface area contributed by atoms with Gasteiger partial charge < -0.3 is 5.11 Å². The van der Waals surface area contributed by atoms with Gasteiger partial charge in [-0.3, -0.25) is 4.79 Å². The van der Waals surface area contributed by atoms with E-state index in [1.54, 1.807) is 0 Å². The summed E-state index contributed by atoms with van der Waals surface area (Å²) in [5, 5.41) is 10.0. The Morgan fingerprint density at radius 2 is 1.95 bits per heavy atom. The van der Waals surface area contributed by atoms with Crippen molar-refractivity contribution in [2.75, 3.05) is 0 Å². The van der Waals surface area contributed by atoms with Gasteiger partial charge in [-0.1, -0.05) is 44.5 Å². The molecule has 108 valence electrons. The van der Waals surface area contributed by atoms with Crippen LogP contribution in [0.15, 0.2) is 24.3 Å². The molecule has 4 unspecified atom stereocenters. The molecule has 4 atom stereocenters. The molecule has 2 heteroatoms. The number of aryl methyl sites for hydroxylation is 1. The van der Waals surface area contributed by atoms with Crippen molar-refractivity contribution in [3.63, 3.8) is 0 Å². The summed E-state index contributed by atoms with van der Waals surface area (Å²) in [6.45, 7) is 4.59. The van der Waals surface area contributed by atoms with E-state index in [-0.39, 0.29) is 0 Å². The third-order valence-electron chi connectivity index (χ3n) is 5.96. The number of carboxylic acid groups (broad SMARTS) is 1. The molecule has 1 N–H and O–H groups in total. The van der Waals surface area contributed by atoms with Crippen LogP contribution in [0.3, 0.4) is 0 Å². The van der Waals surface area contributed by atoms with Crippen LogP contribution >= 0.6 is 0 Å². The maximum atomic E-state index is 12.2. The lowest BCUT2D eigenvalue weighted by molar-refractivity contribution is -0.147. The predicted molar refractivity (Wildman–Crippen MR) is 79.7 cm³/mol. The standard InChI is InChI=1S/C18H24O2/c1-12-7-8-15(11-13(12)2)18(17(19)20)10-9-14-5-3-4-6-16(14)18/h3-6,12-13,15H,7-11H2,1-2H3,(H,19,20). The van der Waals surface area contributed by atoms with Crippen LogP contribution in [-0.2, 0) is 16.6 Å². The third-order valence-corrected chi connectivity index (χ3v) is 5.96. The van der Waals surface area contributed by atoms with Crippen molar-refractivity contribution in [3.05, 3.63) is 35.4 Å². The van der Waals surface area contributed by atoms with Crippen LogP contribution in [0.1, 0.15) is 50.7 Å². The molecule has 0 heterocycles. The Hall–Kier alpha value is -1.31. The molecule has 0 amide bonds. The number of fused-ring (bicyclic) bond motifs is 1. The monoisotopic (exact) mass is 272 g/mol. The molecule has 0 spiro atoms. The first-order chi connectivity index (χ1) is 9.55. The van der Waals surface area contributed by atoms with Gasteiger partial charge in [-0.05, 0) is 54.6 Å². The minimum Gasteiger partial charge on any atom is -0.481 e. The maximum absolute atomic E-state index is 12.2. The van der Waals surface area contributed by atoms with Crippen molar-refractivity contribution in [2.24, 2.45) is 17.8 Å². The van der Waals surface area contributed by atoms with E-state index in [0.29, 0.717) is 11.8 Å². The Labute approximate surface area is 121 Å². The SMILES string of the molecule is CC1CCC(C2(C(=O)O)CCc3ccccc32)CC1C. The highest BCUT2D eigenvalue weighted by Gasteiger charge is 2.52. The molecular formula is C18H24O2. The second-order valence-corrected chi connectivity index (χ2v) is 6.90. The van der Waals surface area contributed by atoms with Gasteiger partial charge in [-0.15, -0.1) is 0 Å². The maximum Gasteiger partial charge on any atom is 0.314 e. The van der Waals surface area contributed by atoms with E-state index in [2.05, 4.69) is 26.0 Å². The average Bonchev–Trinajstić information content (AvgIpc) is 2.82. The number of hydrogen-bond acceptors (Lipinski definition) is 1. The summed E-state index contributed by atoms with van der Waals surface area (Å²) in [7, 11) is 0. The van der Waals surface area contributed by atoms with Gasteiger partial charge in [-0.25, -0.2) is 0 Å². The molecule has 0 aliphatic heterocycles. The molecular weight excluding hydrogens is 248 g/mol. The van der Waals surface area contributed by atoms with Crippen LogP contribution in [0.25, 0.3) is 0 Å². The van der Waals surface area contributed by atoms with E-state index < -0.39 is 11.4 Å². The zero-order chi connectivity index (χ0) is 14.3. The van der Waals surface area contributed by atoms with Gasteiger partial charge in [-0.2, -0.15) is 0 Å². The number of carbonyl (C=O) groups is 1. The van der Waals surface area contributed by atoms with Crippen molar-refractivity contribution in [1.82, 2.24) is 0 Å². The number of carboxylic acids is 1. The quantitative estimate of drug-likeness (QED) is 0.882. The molecule has 1 aromatic carbocycles. The summed E-state index contributed by atoms with van der Waals surface area (Å²) < 4.78 is 0. The molecule has 3 rings (SSSR count). The van der Waals surface area contributed by atoms with Crippen LogP contribution in [0.2, 0.25) is 0 Å². The van der Waals surface area contributed by atoms with Crippen LogP contribution in [0.5, 0.6) is 0 Å². The summed E-state index contributed by atoms with van der Waals surface area (Å²) >= 11 is 0. The summed E-state index contributed by atoms with van der Waals surface area (Å²) in [5.74, 6) is 1.07. The predicted octanol–water partition coefficient (Wildman–Crippen LogP) is 4.03. The van der Waals surface area contributed by atoms with Crippen LogP contribution in [0.4, 0.5) is 0 Å². The Morgan fingerprint density at radius 3 is 2.65 bits per heavy atom. The fourth-order valence-corrected chi connectivity index (χ4v) is 4.46. The van der Waals surface area contributed by atoms with Crippen LogP contribution in [0, 0.1) is 17.8 Å². The Morgan fingerprint density at radius 1 is 1.20 bits per heavy atom. The fourth-order valence-electron chi connectivity index (χ4n) is 4.46. The molecule has 20 heavy (non-hydrogen) atoms. The first-order valence-corrected chi connectivity index (χ1v) is 7.87. The third kappa shape index (κ3) is 1.88. The Bertz CT molecular complexity index is 522. The average molecular weight is 272 g/mol. The topological polar surface area (TPSA) is 37.3 Å². The van der Waals surface area contributed by atoms with Crippen LogP contribution in [-0.4, -0.2) is 11.1 Å². The van der Waals surface area contributed by atoms with Crippen molar-refractivity contribution in [3.8, 4) is 0 Å². The minimum atomic E-state index is -0.620. The lowest BCUT2D eigenvalue weighted by Gasteiger charge is -2.41. The minimum absolute atomic E-state index is 0.301. The van der Waals surface area contributed by atoms with Gasteiger partial charge in [0.25, 0.3) is 0 Å². The largest absolute Gasteiger partial charge is 0.481 e. The Balaban J connectivity index is 2.01. The van der Waals surface area contributed by atoms with E-state index in [1.165, 1.54) is 12.0 Å². The second kappa shape index (κ2) is 4.91.